The van der Waals surface area contributed by atoms with Crippen LogP contribution in [0.4, 0.5) is 13.2 Å². The van der Waals surface area contributed by atoms with Crippen molar-refractivity contribution in [2.45, 2.75) is 32.2 Å². The van der Waals surface area contributed by atoms with Crippen molar-refractivity contribution in [3.8, 4) is 0 Å². The monoisotopic (exact) mass is 282 g/mol. The molecule has 0 fully saturated rings. The molecular weight excluding hydrogens is 265 g/mol. The number of hydrogen-bond acceptors (Lipinski definition) is 5. The summed E-state index contributed by atoms with van der Waals surface area (Å²) in [7, 11) is 0. The van der Waals surface area contributed by atoms with Gasteiger partial charge in [0.2, 0.25) is 0 Å². The molecule has 0 aromatic carbocycles. The summed E-state index contributed by atoms with van der Waals surface area (Å²) in [5, 5.41) is 21.8. The third-order valence-electron chi connectivity index (χ3n) is 2.45. The molecule has 0 unspecified atom stereocenters. The highest BCUT2D eigenvalue weighted by molar-refractivity contribution is 5.03. The van der Waals surface area contributed by atoms with Gasteiger partial charge >= 0.3 is 6.18 Å². The minimum absolute atomic E-state index is 0.0571. The van der Waals surface area contributed by atoms with Gasteiger partial charge in [-0.2, -0.15) is 13.2 Å². The van der Waals surface area contributed by atoms with Crippen molar-refractivity contribution in [2.24, 2.45) is 0 Å². The van der Waals surface area contributed by atoms with Crippen molar-refractivity contribution in [1.29, 1.82) is 0 Å². The lowest BCUT2D eigenvalue weighted by Gasteiger charge is -2.23. The molecule has 8 heteroatoms. The molecule has 1 atom stereocenters. The SMILES string of the molecule is Cc1cc(CN(CCC(F)(F)F)C[C@H](O)CO)no1. The van der Waals surface area contributed by atoms with Crippen LogP contribution in [0.3, 0.4) is 0 Å². The van der Waals surface area contributed by atoms with E-state index < -0.39 is 25.3 Å². The first-order valence-corrected chi connectivity index (χ1v) is 5.80. The second kappa shape index (κ2) is 6.88. The average molecular weight is 282 g/mol. The van der Waals surface area contributed by atoms with Gasteiger partial charge in [0.25, 0.3) is 0 Å². The Morgan fingerprint density at radius 3 is 2.63 bits per heavy atom. The molecule has 0 amide bonds. The predicted molar refractivity (Wildman–Crippen MR) is 60.3 cm³/mol. The molecule has 19 heavy (non-hydrogen) atoms. The van der Waals surface area contributed by atoms with Crippen molar-refractivity contribution >= 4 is 0 Å². The maximum absolute atomic E-state index is 12.2. The molecule has 5 nitrogen and oxygen atoms in total. The van der Waals surface area contributed by atoms with E-state index in [9.17, 15) is 18.3 Å². The van der Waals surface area contributed by atoms with E-state index in [1.165, 1.54) is 4.90 Å². The van der Waals surface area contributed by atoms with Crippen LogP contribution < -0.4 is 0 Å². The van der Waals surface area contributed by atoms with Crippen molar-refractivity contribution < 1.29 is 27.9 Å². The van der Waals surface area contributed by atoms with Crippen LogP contribution in [0.25, 0.3) is 0 Å². The van der Waals surface area contributed by atoms with Gasteiger partial charge in [0.1, 0.15) is 5.76 Å². The third-order valence-corrected chi connectivity index (χ3v) is 2.45. The first kappa shape index (κ1) is 15.9. The molecule has 0 saturated carbocycles. The highest BCUT2D eigenvalue weighted by Crippen LogP contribution is 2.20. The molecule has 1 heterocycles. The Morgan fingerprint density at radius 1 is 1.47 bits per heavy atom. The number of nitrogens with zero attached hydrogens (tertiary/aromatic N) is 2. The second-order valence-corrected chi connectivity index (χ2v) is 4.37. The summed E-state index contributed by atoms with van der Waals surface area (Å²) in [6.07, 6.45) is -6.33. The van der Waals surface area contributed by atoms with Crippen molar-refractivity contribution in [2.75, 3.05) is 19.7 Å². The maximum Gasteiger partial charge on any atom is 0.390 e. The lowest BCUT2D eigenvalue weighted by molar-refractivity contribution is -0.139. The third kappa shape index (κ3) is 6.55. The molecule has 0 aliphatic rings. The van der Waals surface area contributed by atoms with Crippen LogP contribution in [0.15, 0.2) is 10.6 Å². The molecule has 0 saturated heterocycles. The zero-order valence-corrected chi connectivity index (χ0v) is 10.5. The Balaban J connectivity index is 2.58. The number of aliphatic hydroxyl groups is 2. The summed E-state index contributed by atoms with van der Waals surface area (Å²) < 4.78 is 41.4. The van der Waals surface area contributed by atoms with Crippen LogP contribution in [0, 0.1) is 6.92 Å². The van der Waals surface area contributed by atoms with E-state index >= 15 is 0 Å². The van der Waals surface area contributed by atoms with E-state index in [0.29, 0.717) is 11.5 Å². The first-order chi connectivity index (χ1) is 8.80. The van der Waals surface area contributed by atoms with Crippen LogP contribution in [-0.4, -0.2) is 52.2 Å². The van der Waals surface area contributed by atoms with E-state index in [0.717, 1.165) is 0 Å². The van der Waals surface area contributed by atoms with Gasteiger partial charge in [0.15, 0.2) is 0 Å². The smallest absolute Gasteiger partial charge is 0.390 e. The number of aromatic nitrogens is 1. The number of alkyl halides is 3. The summed E-state index contributed by atoms with van der Waals surface area (Å²) in [4.78, 5) is 1.38. The molecule has 2 N–H and O–H groups in total. The van der Waals surface area contributed by atoms with Gasteiger partial charge in [0, 0.05) is 25.7 Å². The average Bonchev–Trinajstić information content (AvgIpc) is 2.70. The fourth-order valence-corrected chi connectivity index (χ4v) is 1.60. The van der Waals surface area contributed by atoms with Crippen molar-refractivity contribution in [1.82, 2.24) is 10.1 Å². The summed E-state index contributed by atoms with van der Waals surface area (Å²) in [6, 6.07) is 1.62. The van der Waals surface area contributed by atoms with Crippen LogP contribution >= 0.6 is 0 Å². The number of rotatable bonds is 7. The summed E-state index contributed by atoms with van der Waals surface area (Å²) in [5.74, 6) is 0.563. The lowest BCUT2D eigenvalue weighted by atomic mass is 10.2. The Morgan fingerprint density at radius 2 is 2.16 bits per heavy atom. The van der Waals surface area contributed by atoms with E-state index in [1.807, 2.05) is 0 Å². The largest absolute Gasteiger partial charge is 0.394 e. The molecule has 110 valence electrons. The molecule has 1 rings (SSSR count). The normalized spacial score (nSPS) is 14.1. The Labute approximate surface area is 108 Å². The minimum atomic E-state index is -4.26. The standard InChI is InChI=1S/C11H17F3N2O3/c1-8-4-9(15-19-8)5-16(6-10(18)7-17)3-2-11(12,13)14/h4,10,17-18H,2-3,5-7H2,1H3/t10-/m0/s1. The second-order valence-electron chi connectivity index (χ2n) is 4.37. The van der Waals surface area contributed by atoms with Gasteiger partial charge in [0.05, 0.1) is 24.8 Å². The zero-order chi connectivity index (χ0) is 14.5. The van der Waals surface area contributed by atoms with Crippen molar-refractivity contribution in [3.63, 3.8) is 0 Å². The number of aryl methyl sites for hydroxylation is 1. The molecule has 0 bridgehead atoms. The summed E-state index contributed by atoms with van der Waals surface area (Å²) in [5.41, 5.74) is 0.491. The Kier molecular flexibility index (Phi) is 5.77. The molecule has 0 aliphatic carbocycles. The number of hydrogen-bond donors (Lipinski definition) is 2. The van der Waals surface area contributed by atoms with Gasteiger partial charge in [-0.15, -0.1) is 0 Å². The Bertz CT molecular complexity index is 382. The molecular formula is C11H17F3N2O3. The molecule has 0 radical (unpaired) electrons. The highest BCUT2D eigenvalue weighted by atomic mass is 19.4. The van der Waals surface area contributed by atoms with E-state index in [2.05, 4.69) is 5.16 Å². The van der Waals surface area contributed by atoms with Gasteiger partial charge in [-0.05, 0) is 6.92 Å². The van der Waals surface area contributed by atoms with Crippen molar-refractivity contribution in [3.05, 3.63) is 17.5 Å². The maximum atomic E-state index is 12.2. The molecule has 0 aliphatic heterocycles. The number of halogens is 3. The predicted octanol–water partition coefficient (Wildman–Crippen LogP) is 1.09. The van der Waals surface area contributed by atoms with E-state index in [4.69, 9.17) is 9.63 Å². The zero-order valence-electron chi connectivity index (χ0n) is 10.5. The molecule has 0 spiro atoms. The summed E-state index contributed by atoms with van der Waals surface area (Å²) >= 11 is 0. The van der Waals surface area contributed by atoms with Crippen LogP contribution in [0.1, 0.15) is 17.9 Å². The van der Waals surface area contributed by atoms with E-state index in [1.54, 1.807) is 13.0 Å². The van der Waals surface area contributed by atoms with Gasteiger partial charge in [-0.25, -0.2) is 0 Å². The Hall–Kier alpha value is -1.12. The van der Waals surface area contributed by atoms with Crippen LogP contribution in [0.5, 0.6) is 0 Å². The fraction of sp³-hybridized carbons (Fsp3) is 0.727. The van der Waals surface area contributed by atoms with E-state index in [-0.39, 0.29) is 19.6 Å². The van der Waals surface area contributed by atoms with Gasteiger partial charge < -0.3 is 14.7 Å². The topological polar surface area (TPSA) is 69.7 Å². The van der Waals surface area contributed by atoms with Crippen LogP contribution in [-0.2, 0) is 6.54 Å². The minimum Gasteiger partial charge on any atom is -0.394 e. The highest BCUT2D eigenvalue weighted by Gasteiger charge is 2.28. The number of aliphatic hydroxyl groups excluding tert-OH is 2. The lowest BCUT2D eigenvalue weighted by Crippen LogP contribution is -2.36. The summed E-state index contributed by atoms with van der Waals surface area (Å²) in [6.45, 7) is 0.981. The van der Waals surface area contributed by atoms with Crippen LogP contribution in [0.2, 0.25) is 0 Å². The van der Waals surface area contributed by atoms with Gasteiger partial charge in [-0.1, -0.05) is 5.16 Å². The first-order valence-electron chi connectivity index (χ1n) is 5.80. The van der Waals surface area contributed by atoms with Gasteiger partial charge in [-0.3, -0.25) is 4.90 Å². The molecule has 1 aromatic heterocycles. The molecule has 1 aromatic rings. The quantitative estimate of drug-likeness (QED) is 0.783. The fourth-order valence-electron chi connectivity index (χ4n) is 1.60.